The molecule has 0 spiro atoms. The average Bonchev–Trinajstić information content (AvgIpc) is 2.97. The van der Waals surface area contributed by atoms with Gasteiger partial charge in [-0.1, -0.05) is 0 Å². The lowest BCUT2D eigenvalue weighted by Crippen LogP contribution is -2.29. The highest BCUT2D eigenvalue weighted by atomic mass is 16.5. The Kier molecular flexibility index (Phi) is 4.23. The molecule has 3 heterocycles. The minimum absolute atomic E-state index is 0.173. The fraction of sp³-hybridized carbons (Fsp3) is 0.500. The lowest BCUT2D eigenvalue weighted by atomic mass is 9.81. The fourth-order valence-electron chi connectivity index (χ4n) is 4.43. The first-order valence-corrected chi connectivity index (χ1v) is 9.34. The number of anilines is 2. The average molecular weight is 353 g/mol. The number of likely N-dealkylation sites (tertiary alicyclic amines) is 1. The van der Waals surface area contributed by atoms with E-state index in [2.05, 4.69) is 41.8 Å². The zero-order valence-electron chi connectivity index (χ0n) is 15.7. The normalized spacial score (nSPS) is 20.8. The van der Waals surface area contributed by atoms with E-state index in [0.717, 1.165) is 36.4 Å². The summed E-state index contributed by atoms with van der Waals surface area (Å²) in [6, 6.07) is 2.19. The second kappa shape index (κ2) is 6.43. The van der Waals surface area contributed by atoms with Crippen molar-refractivity contribution in [1.82, 2.24) is 14.9 Å². The number of hydrogen-bond acceptors (Lipinski definition) is 6. The number of benzene rings is 1. The first-order chi connectivity index (χ1) is 12.4. The summed E-state index contributed by atoms with van der Waals surface area (Å²) in [4.78, 5) is 10.7. The topological polar surface area (TPSA) is 90.3 Å². The Balaban J connectivity index is 1.84. The molecule has 4 rings (SSSR count). The Hall–Kier alpha value is -2.34. The highest BCUT2D eigenvalue weighted by Crippen LogP contribution is 2.46. The molecule has 26 heavy (non-hydrogen) atoms. The lowest BCUT2D eigenvalue weighted by molar-refractivity contribution is 0.254. The van der Waals surface area contributed by atoms with E-state index >= 15 is 0 Å². The van der Waals surface area contributed by atoms with Crippen molar-refractivity contribution in [2.45, 2.75) is 45.1 Å². The van der Waals surface area contributed by atoms with Crippen molar-refractivity contribution < 1.29 is 4.74 Å². The number of rotatable bonds is 2. The van der Waals surface area contributed by atoms with Crippen LogP contribution in [0.1, 0.15) is 42.4 Å². The number of aromatic nitrogens is 2. The van der Waals surface area contributed by atoms with Crippen LogP contribution >= 0.6 is 0 Å². The second-order valence-electron chi connectivity index (χ2n) is 7.70. The first-order valence-electron chi connectivity index (χ1n) is 9.34. The van der Waals surface area contributed by atoms with Crippen LogP contribution in [0.2, 0.25) is 0 Å². The SMILES string of the molecule is Cc1cc(-c2cnc(N)nc2N)c2c(c1C1CCN(C)CC1)CC(C)O2. The summed E-state index contributed by atoms with van der Waals surface area (Å²) >= 11 is 0. The van der Waals surface area contributed by atoms with Gasteiger partial charge in [-0.2, -0.15) is 4.98 Å². The molecule has 2 aliphatic rings. The second-order valence-corrected chi connectivity index (χ2v) is 7.70. The zero-order chi connectivity index (χ0) is 18.4. The van der Waals surface area contributed by atoms with Gasteiger partial charge in [0.25, 0.3) is 0 Å². The van der Waals surface area contributed by atoms with Crippen molar-refractivity contribution in [1.29, 1.82) is 0 Å². The molecule has 4 N–H and O–H groups in total. The van der Waals surface area contributed by atoms with Crippen molar-refractivity contribution in [3.63, 3.8) is 0 Å². The summed E-state index contributed by atoms with van der Waals surface area (Å²) < 4.78 is 6.23. The Bertz CT molecular complexity index is 843. The molecule has 0 radical (unpaired) electrons. The Morgan fingerprint density at radius 2 is 1.92 bits per heavy atom. The van der Waals surface area contributed by atoms with E-state index in [1.807, 2.05) is 0 Å². The summed E-state index contributed by atoms with van der Waals surface area (Å²) in [5, 5.41) is 0. The molecule has 1 saturated heterocycles. The molecule has 0 saturated carbocycles. The number of nitrogens with two attached hydrogens (primary N) is 2. The van der Waals surface area contributed by atoms with Gasteiger partial charge >= 0.3 is 0 Å². The van der Waals surface area contributed by atoms with E-state index in [9.17, 15) is 0 Å². The van der Waals surface area contributed by atoms with Crippen LogP contribution in [0.25, 0.3) is 11.1 Å². The lowest BCUT2D eigenvalue weighted by Gasteiger charge is -2.31. The Labute approximate surface area is 154 Å². The molecule has 138 valence electrons. The van der Waals surface area contributed by atoms with E-state index in [0.29, 0.717) is 11.7 Å². The molecule has 2 aliphatic heterocycles. The quantitative estimate of drug-likeness (QED) is 0.863. The highest BCUT2D eigenvalue weighted by molar-refractivity contribution is 5.81. The molecule has 1 unspecified atom stereocenters. The van der Waals surface area contributed by atoms with E-state index < -0.39 is 0 Å². The summed E-state index contributed by atoms with van der Waals surface area (Å²) in [6.07, 6.45) is 5.22. The summed E-state index contributed by atoms with van der Waals surface area (Å²) in [5.74, 6) is 2.14. The molecule has 1 aromatic carbocycles. The van der Waals surface area contributed by atoms with Crippen LogP contribution in [0, 0.1) is 6.92 Å². The minimum atomic E-state index is 0.173. The number of nitrogen functional groups attached to an aromatic ring is 2. The van der Waals surface area contributed by atoms with Crippen molar-refractivity contribution in [2.75, 3.05) is 31.6 Å². The molecular weight excluding hydrogens is 326 g/mol. The van der Waals surface area contributed by atoms with Gasteiger partial charge < -0.3 is 21.1 Å². The predicted molar refractivity (Wildman–Crippen MR) is 104 cm³/mol. The van der Waals surface area contributed by atoms with Crippen LogP contribution in [0.15, 0.2) is 12.3 Å². The standard InChI is InChI=1S/C20H27N5O/c1-11-8-14(16-10-23-20(22)24-19(16)21)18-15(9-12(2)26-18)17(11)13-4-6-25(3)7-5-13/h8,10,12-13H,4-7,9H2,1-3H3,(H4,21,22,23,24). The van der Waals surface area contributed by atoms with Gasteiger partial charge in [-0.3, -0.25) is 0 Å². The molecule has 6 nitrogen and oxygen atoms in total. The predicted octanol–water partition coefficient (Wildman–Crippen LogP) is 2.75. The molecule has 1 fully saturated rings. The van der Waals surface area contributed by atoms with E-state index in [4.69, 9.17) is 16.2 Å². The third-order valence-corrected chi connectivity index (χ3v) is 5.69. The number of nitrogens with zero attached hydrogens (tertiary/aromatic N) is 3. The van der Waals surface area contributed by atoms with Gasteiger partial charge in [0, 0.05) is 29.3 Å². The van der Waals surface area contributed by atoms with Gasteiger partial charge in [-0.15, -0.1) is 0 Å². The number of aryl methyl sites for hydroxylation is 1. The van der Waals surface area contributed by atoms with Crippen LogP contribution in [-0.2, 0) is 6.42 Å². The van der Waals surface area contributed by atoms with Gasteiger partial charge in [0.05, 0.1) is 0 Å². The smallest absolute Gasteiger partial charge is 0.221 e. The highest BCUT2D eigenvalue weighted by Gasteiger charge is 2.32. The van der Waals surface area contributed by atoms with Gasteiger partial charge in [-0.25, -0.2) is 4.98 Å². The zero-order valence-corrected chi connectivity index (χ0v) is 15.7. The fourth-order valence-corrected chi connectivity index (χ4v) is 4.43. The monoisotopic (exact) mass is 353 g/mol. The van der Waals surface area contributed by atoms with Crippen molar-refractivity contribution in [3.05, 3.63) is 29.0 Å². The molecule has 2 aromatic rings. The summed E-state index contributed by atoms with van der Waals surface area (Å²) in [6.45, 7) is 6.63. The van der Waals surface area contributed by atoms with E-state index in [-0.39, 0.29) is 12.1 Å². The third kappa shape index (κ3) is 2.88. The number of hydrogen-bond donors (Lipinski definition) is 2. The van der Waals surface area contributed by atoms with E-state index in [1.165, 1.54) is 29.5 Å². The number of ether oxygens (including phenoxy) is 1. The number of fused-ring (bicyclic) bond motifs is 1. The molecular formula is C20H27N5O. The molecule has 1 atom stereocenters. The van der Waals surface area contributed by atoms with Crippen molar-refractivity contribution >= 4 is 11.8 Å². The van der Waals surface area contributed by atoms with Gasteiger partial charge in [0.15, 0.2) is 0 Å². The third-order valence-electron chi connectivity index (χ3n) is 5.69. The Morgan fingerprint density at radius 1 is 1.19 bits per heavy atom. The van der Waals surface area contributed by atoms with E-state index in [1.54, 1.807) is 6.20 Å². The number of piperidine rings is 1. The van der Waals surface area contributed by atoms with Crippen LogP contribution in [0.3, 0.4) is 0 Å². The maximum Gasteiger partial charge on any atom is 0.221 e. The maximum absolute atomic E-state index is 6.23. The summed E-state index contributed by atoms with van der Waals surface area (Å²) in [7, 11) is 2.20. The largest absolute Gasteiger partial charge is 0.489 e. The molecule has 0 aliphatic carbocycles. The first kappa shape index (κ1) is 17.1. The molecule has 6 heteroatoms. The van der Waals surface area contributed by atoms with Crippen LogP contribution in [-0.4, -0.2) is 41.1 Å². The molecule has 0 bridgehead atoms. The van der Waals surface area contributed by atoms with Crippen LogP contribution in [0.4, 0.5) is 11.8 Å². The molecule has 0 amide bonds. The van der Waals surface area contributed by atoms with Crippen molar-refractivity contribution in [2.24, 2.45) is 0 Å². The van der Waals surface area contributed by atoms with Gasteiger partial charge in [-0.05, 0) is 69.9 Å². The molecule has 1 aromatic heterocycles. The van der Waals surface area contributed by atoms with Crippen LogP contribution in [0.5, 0.6) is 5.75 Å². The van der Waals surface area contributed by atoms with Gasteiger partial charge in [0.1, 0.15) is 17.7 Å². The summed E-state index contributed by atoms with van der Waals surface area (Å²) in [5.41, 5.74) is 17.7. The van der Waals surface area contributed by atoms with Gasteiger partial charge in [0.2, 0.25) is 5.95 Å². The maximum atomic E-state index is 6.23. The Morgan fingerprint density at radius 3 is 2.62 bits per heavy atom. The van der Waals surface area contributed by atoms with Crippen molar-refractivity contribution in [3.8, 4) is 16.9 Å². The van der Waals surface area contributed by atoms with Crippen LogP contribution < -0.4 is 16.2 Å². The minimum Gasteiger partial charge on any atom is -0.489 e.